The maximum Gasteiger partial charge on any atom is 0.345 e. The molecule has 156 valence electrons. The summed E-state index contributed by atoms with van der Waals surface area (Å²) in [7, 11) is -1.14. The van der Waals surface area contributed by atoms with Crippen LogP contribution in [0.4, 0.5) is 4.79 Å². The molecule has 0 saturated carbocycles. The summed E-state index contributed by atoms with van der Waals surface area (Å²) in [6.45, 7) is 12.7. The molecule has 2 amide bonds. The van der Waals surface area contributed by atoms with Crippen molar-refractivity contribution in [3.63, 3.8) is 0 Å². The highest BCUT2D eigenvalue weighted by molar-refractivity contribution is 7.09. The molecule has 0 N–H and O–H groups in total. The van der Waals surface area contributed by atoms with Gasteiger partial charge in [0.15, 0.2) is 0 Å². The predicted molar refractivity (Wildman–Crippen MR) is 113 cm³/mol. The lowest BCUT2D eigenvalue weighted by molar-refractivity contribution is -0.118. The number of amides is 2. The van der Waals surface area contributed by atoms with Crippen LogP contribution in [0.15, 0.2) is 30.6 Å². The molecule has 29 heavy (non-hydrogen) atoms. The molecule has 2 aromatic heterocycles. The Balaban J connectivity index is 1.57. The van der Waals surface area contributed by atoms with E-state index in [4.69, 9.17) is 9.57 Å². The molecule has 2 unspecified atom stereocenters. The summed E-state index contributed by atoms with van der Waals surface area (Å²) in [6, 6.07) is 0.463. The number of hydrogen-bond acceptors (Lipinski definition) is 6. The zero-order valence-corrected chi connectivity index (χ0v) is 18.9. The van der Waals surface area contributed by atoms with Gasteiger partial charge < -0.3 is 14.2 Å². The van der Waals surface area contributed by atoms with E-state index in [0.717, 1.165) is 29.0 Å². The van der Waals surface area contributed by atoms with Crippen LogP contribution in [0.5, 0.6) is 0 Å². The minimum atomic E-state index is -1.14. The van der Waals surface area contributed by atoms with Crippen LogP contribution in [0.2, 0.25) is 25.7 Å². The molecule has 4 rings (SSSR count). The highest BCUT2D eigenvalue weighted by atomic mass is 32.1. The summed E-state index contributed by atoms with van der Waals surface area (Å²) in [5, 5.41) is 1.45. The molecule has 0 aliphatic carbocycles. The molecule has 4 heterocycles. The fraction of sp³-hybridized carbons (Fsp3) is 0.526. The smallest absolute Gasteiger partial charge is 0.345 e. The van der Waals surface area contributed by atoms with Gasteiger partial charge >= 0.3 is 6.03 Å². The Bertz CT molecular complexity index is 893. The zero-order chi connectivity index (χ0) is 20.6. The largest absolute Gasteiger partial charge is 0.361 e. The van der Waals surface area contributed by atoms with Crippen LogP contribution in [-0.2, 0) is 16.3 Å². The van der Waals surface area contributed by atoms with Crippen molar-refractivity contribution in [2.24, 2.45) is 0 Å². The molecule has 1 fully saturated rings. The lowest BCUT2D eigenvalue weighted by Crippen LogP contribution is -2.36. The van der Waals surface area contributed by atoms with Crippen molar-refractivity contribution >= 4 is 25.4 Å². The average molecular weight is 434 g/mol. The maximum absolute atomic E-state index is 13.1. The predicted octanol–water partition coefficient (Wildman–Crippen LogP) is 3.65. The Morgan fingerprint density at radius 2 is 2.21 bits per heavy atom. The maximum atomic E-state index is 13.1. The van der Waals surface area contributed by atoms with E-state index in [0.29, 0.717) is 13.3 Å². The fourth-order valence-corrected chi connectivity index (χ4v) is 5.28. The molecular weight excluding hydrogens is 406 g/mol. The van der Waals surface area contributed by atoms with Crippen LogP contribution in [0.3, 0.4) is 0 Å². The second-order valence-electron chi connectivity index (χ2n) is 8.47. The van der Waals surface area contributed by atoms with Gasteiger partial charge in [-0.3, -0.25) is 4.84 Å². The van der Waals surface area contributed by atoms with Crippen molar-refractivity contribution in [2.45, 2.75) is 44.5 Å². The molecule has 8 nitrogen and oxygen atoms in total. The molecule has 2 atom stereocenters. The van der Waals surface area contributed by atoms with Gasteiger partial charge in [-0.2, -0.15) is 5.06 Å². The number of imidazole rings is 1. The first-order chi connectivity index (χ1) is 13.9. The minimum absolute atomic E-state index is 0.141. The van der Waals surface area contributed by atoms with Crippen molar-refractivity contribution in [1.82, 2.24) is 24.5 Å². The third-order valence-electron chi connectivity index (χ3n) is 5.13. The van der Waals surface area contributed by atoms with Gasteiger partial charge in [0.25, 0.3) is 0 Å². The number of fused-ring (bicyclic) bond motifs is 4. The number of carbonyl (C=O) groups excluding carboxylic acids is 1. The van der Waals surface area contributed by atoms with E-state index in [1.807, 2.05) is 16.3 Å². The van der Waals surface area contributed by atoms with E-state index in [2.05, 4.69) is 36.2 Å². The Labute approximate surface area is 175 Å². The molecule has 0 aromatic carbocycles. The number of rotatable bonds is 9. The van der Waals surface area contributed by atoms with E-state index < -0.39 is 8.07 Å². The van der Waals surface area contributed by atoms with Gasteiger partial charge in [-0.15, -0.1) is 17.9 Å². The SMILES string of the molecule is C=CCON1C(=O)N2CC1c1scnc1C2c1nccn1COCC[Si](C)(C)C. The average Bonchev–Trinajstić information content (AvgIpc) is 3.38. The lowest BCUT2D eigenvalue weighted by atomic mass is 10.0. The molecule has 0 spiro atoms. The third kappa shape index (κ3) is 3.89. The lowest BCUT2D eigenvalue weighted by Gasteiger charge is -2.29. The summed E-state index contributed by atoms with van der Waals surface area (Å²) in [6.07, 6.45) is 5.29. The van der Waals surface area contributed by atoms with E-state index >= 15 is 0 Å². The molecule has 10 heteroatoms. The molecule has 2 bridgehead atoms. The molecule has 2 aliphatic rings. The van der Waals surface area contributed by atoms with E-state index in [-0.39, 0.29) is 24.7 Å². The van der Waals surface area contributed by atoms with Crippen LogP contribution in [0.25, 0.3) is 0 Å². The highest BCUT2D eigenvalue weighted by Gasteiger charge is 2.51. The topological polar surface area (TPSA) is 72.7 Å². The van der Waals surface area contributed by atoms with E-state index in [1.54, 1.807) is 28.5 Å². The number of aromatic nitrogens is 3. The first kappa shape index (κ1) is 20.3. The van der Waals surface area contributed by atoms with Gasteiger partial charge in [-0.1, -0.05) is 25.7 Å². The van der Waals surface area contributed by atoms with Crippen molar-refractivity contribution in [1.29, 1.82) is 0 Å². The summed E-state index contributed by atoms with van der Waals surface area (Å²) in [5.74, 6) is 0.766. The number of ether oxygens (including phenoxy) is 1. The van der Waals surface area contributed by atoms with Crippen LogP contribution in [0.1, 0.15) is 28.5 Å². The number of carbonyl (C=O) groups is 1. The van der Waals surface area contributed by atoms with Gasteiger partial charge in [0.05, 0.1) is 29.2 Å². The molecular formula is C19H27N5O3SSi. The first-order valence-corrected chi connectivity index (χ1v) is 14.3. The monoisotopic (exact) mass is 433 g/mol. The summed E-state index contributed by atoms with van der Waals surface area (Å²) in [4.78, 5) is 30.7. The molecule has 2 aliphatic heterocycles. The number of thiazole rings is 1. The van der Waals surface area contributed by atoms with Gasteiger partial charge in [0.1, 0.15) is 24.6 Å². The van der Waals surface area contributed by atoms with E-state index in [1.165, 1.54) is 5.06 Å². The number of nitrogens with zero attached hydrogens (tertiary/aromatic N) is 5. The quantitative estimate of drug-likeness (QED) is 0.343. The standard InChI is InChI=1S/C19H27N5O3SSi/c1-5-8-27-24-14-11-23(19(24)25)16(15-17(14)28-12-21-15)18-20-6-7-22(18)13-26-9-10-29(2,3)4/h5-7,12,14,16H,1,8-11,13H2,2-4H3. The van der Waals surface area contributed by atoms with Crippen molar-refractivity contribution in [3.05, 3.63) is 47.0 Å². The highest BCUT2D eigenvalue weighted by Crippen LogP contribution is 2.47. The molecule has 1 saturated heterocycles. The molecule has 0 radical (unpaired) electrons. The Hall–Kier alpha value is -2.01. The third-order valence-corrected chi connectivity index (χ3v) is 7.78. The van der Waals surface area contributed by atoms with Crippen molar-refractivity contribution in [2.75, 3.05) is 19.8 Å². The minimum Gasteiger partial charge on any atom is -0.361 e. The van der Waals surface area contributed by atoms with Gasteiger partial charge in [-0.05, 0) is 6.04 Å². The summed E-state index contributed by atoms with van der Waals surface area (Å²) < 4.78 is 7.90. The Kier molecular flexibility index (Phi) is 5.60. The Morgan fingerprint density at radius 3 is 2.97 bits per heavy atom. The number of urea groups is 1. The van der Waals surface area contributed by atoms with Gasteiger partial charge in [0, 0.05) is 27.1 Å². The van der Waals surface area contributed by atoms with Crippen molar-refractivity contribution < 1.29 is 14.4 Å². The van der Waals surface area contributed by atoms with Gasteiger partial charge in [0.2, 0.25) is 0 Å². The summed E-state index contributed by atoms with van der Waals surface area (Å²) >= 11 is 1.55. The first-order valence-electron chi connectivity index (χ1n) is 9.76. The van der Waals surface area contributed by atoms with Crippen LogP contribution >= 0.6 is 11.3 Å². The Morgan fingerprint density at radius 1 is 1.38 bits per heavy atom. The number of hydroxylamine groups is 2. The normalized spacial score (nSPS) is 21.0. The van der Waals surface area contributed by atoms with Crippen LogP contribution in [0, 0.1) is 0 Å². The second-order valence-corrected chi connectivity index (χ2v) is 15.0. The van der Waals surface area contributed by atoms with Crippen LogP contribution < -0.4 is 0 Å². The second kappa shape index (κ2) is 8.02. The fourth-order valence-electron chi connectivity index (χ4n) is 3.63. The molecule has 2 aromatic rings. The van der Waals surface area contributed by atoms with Crippen molar-refractivity contribution in [3.8, 4) is 0 Å². The van der Waals surface area contributed by atoms with Gasteiger partial charge in [-0.25, -0.2) is 14.8 Å². The van der Waals surface area contributed by atoms with E-state index in [9.17, 15) is 4.79 Å². The summed E-state index contributed by atoms with van der Waals surface area (Å²) in [5.41, 5.74) is 2.70. The zero-order valence-electron chi connectivity index (χ0n) is 17.1. The van der Waals surface area contributed by atoms with Crippen LogP contribution in [-0.4, -0.2) is 58.4 Å². The number of hydrogen-bond donors (Lipinski definition) is 0.